The largest absolute Gasteiger partial charge is 2.00 e. The molecule has 0 radical (unpaired) electrons. The smallest absolute Gasteiger partial charge is 0.507 e. The zero-order valence-electron chi connectivity index (χ0n) is 48.0. The van der Waals surface area contributed by atoms with Crippen LogP contribution in [-0.4, -0.2) is 14.7 Å². The van der Waals surface area contributed by atoms with E-state index in [0.29, 0.717) is 11.4 Å². The molecule has 0 bridgehead atoms. The van der Waals surface area contributed by atoms with Gasteiger partial charge in [0.05, 0.1) is 22.3 Å². The molecule has 0 atom stereocenters. The van der Waals surface area contributed by atoms with Crippen molar-refractivity contribution in [2.75, 3.05) is 0 Å². The number of imidazole rings is 1. The van der Waals surface area contributed by atoms with Crippen LogP contribution in [0.3, 0.4) is 0 Å². The van der Waals surface area contributed by atoms with Crippen LogP contribution in [0.4, 0.5) is 0 Å². The van der Waals surface area contributed by atoms with Gasteiger partial charge in [0.1, 0.15) is 18.6 Å². The number of fused-ring (bicyclic) bond motifs is 1. The van der Waals surface area contributed by atoms with Crippen molar-refractivity contribution in [2.45, 2.75) is 118 Å². The predicted octanol–water partition coefficient (Wildman–Crippen LogP) is 19.0. The third-order valence-corrected chi connectivity index (χ3v) is 15.4. The van der Waals surface area contributed by atoms with E-state index in [1.165, 1.54) is 33.4 Å². The van der Waals surface area contributed by atoms with E-state index in [4.69, 9.17) is 4.98 Å². The molecule has 78 heavy (non-hydrogen) atoms. The molecule has 0 fully saturated rings. The van der Waals surface area contributed by atoms with E-state index in [2.05, 4.69) is 294 Å². The topological polar surface area (TPSA) is 41.9 Å². The Labute approximate surface area is 479 Å². The fourth-order valence-electron chi connectivity index (χ4n) is 10.9. The number of rotatable bonds is 10. The first-order valence-electron chi connectivity index (χ1n) is 27.5. The molecule has 0 aliphatic heterocycles. The summed E-state index contributed by atoms with van der Waals surface area (Å²) in [5.41, 5.74) is 21.6. The van der Waals surface area contributed by atoms with Gasteiger partial charge in [-0.25, -0.2) is 4.98 Å². The number of hydrogen-bond donors (Lipinski definition) is 1. The van der Waals surface area contributed by atoms with Gasteiger partial charge in [-0.2, -0.15) is 23.8 Å². The average molecular weight is 1200 g/mol. The van der Waals surface area contributed by atoms with Crippen molar-refractivity contribution in [1.82, 2.24) is 9.55 Å². The van der Waals surface area contributed by atoms with Gasteiger partial charge in [0.2, 0.25) is 0 Å². The number of phenols is 1. The van der Waals surface area contributed by atoms with Crippen LogP contribution in [0.2, 0.25) is 0 Å². The summed E-state index contributed by atoms with van der Waals surface area (Å²) in [4.78, 5) is 5.77. The maximum atomic E-state index is 12.7. The van der Waals surface area contributed by atoms with Gasteiger partial charge < -0.3 is 5.11 Å². The molecule has 8 aromatic carbocycles. The van der Waals surface area contributed by atoms with Crippen LogP contribution < -0.4 is 4.57 Å². The van der Waals surface area contributed by atoms with Gasteiger partial charge in [-0.15, -0.1) is 23.3 Å². The molecule has 2 heterocycles. The van der Waals surface area contributed by atoms with Gasteiger partial charge in [0.15, 0.2) is 5.69 Å². The predicted molar refractivity (Wildman–Crippen MR) is 324 cm³/mol. The van der Waals surface area contributed by atoms with Crippen molar-refractivity contribution in [3.63, 3.8) is 0 Å². The van der Waals surface area contributed by atoms with E-state index in [1.807, 2.05) is 0 Å². The van der Waals surface area contributed by atoms with Crippen LogP contribution in [0.5, 0.6) is 5.75 Å². The summed E-state index contributed by atoms with van der Waals surface area (Å²) in [5, 5.41) is 12.7. The summed E-state index contributed by atoms with van der Waals surface area (Å²) in [6, 6.07) is 71.0. The molecule has 4 nitrogen and oxygen atoms in total. The zero-order chi connectivity index (χ0) is 54.7. The summed E-state index contributed by atoms with van der Waals surface area (Å²) >= 11 is 0. The number of benzene rings is 8. The molecular formula is C73H74N3OPt+. The third kappa shape index (κ3) is 10.7. The normalized spacial score (nSPS) is 12.2. The van der Waals surface area contributed by atoms with Gasteiger partial charge in [0.25, 0.3) is 0 Å². The summed E-state index contributed by atoms with van der Waals surface area (Å²) in [6.07, 6.45) is 0. The van der Waals surface area contributed by atoms with Crippen LogP contribution in [0, 0.1) is 12.1 Å². The summed E-state index contributed by atoms with van der Waals surface area (Å²) in [7, 11) is 2.18. The van der Waals surface area contributed by atoms with E-state index in [-0.39, 0.29) is 54.9 Å². The Hall–Kier alpha value is -7.13. The van der Waals surface area contributed by atoms with Crippen molar-refractivity contribution in [3.8, 4) is 89.8 Å². The Morgan fingerprint density at radius 2 is 1.06 bits per heavy atom. The number of nitrogens with zero attached hydrogens (tertiary/aromatic N) is 3. The van der Waals surface area contributed by atoms with Crippen LogP contribution in [0.1, 0.15) is 130 Å². The molecule has 0 amide bonds. The molecule has 0 aliphatic rings. The maximum absolute atomic E-state index is 12.7. The average Bonchev–Trinajstić information content (AvgIpc) is 4.03. The number of para-hydroxylation sites is 1. The third-order valence-electron chi connectivity index (χ3n) is 15.4. The summed E-state index contributed by atoms with van der Waals surface area (Å²) < 4.78 is 4.62. The molecule has 2 aromatic heterocycles. The zero-order valence-corrected chi connectivity index (χ0v) is 50.3. The first-order chi connectivity index (χ1) is 36.6. The van der Waals surface area contributed by atoms with Crippen molar-refractivity contribution >= 4 is 11.0 Å². The number of aromatic hydroxyl groups is 1. The second kappa shape index (κ2) is 21.6. The summed E-state index contributed by atoms with van der Waals surface area (Å²) in [6.45, 7) is 29.3. The number of pyridine rings is 1. The number of aromatic nitrogens is 3. The monoisotopic (exact) mass is 1200 g/mol. The van der Waals surface area contributed by atoms with E-state index < -0.39 is 0 Å². The Bertz CT molecular complexity index is 3780. The quantitative estimate of drug-likeness (QED) is 0.110. The molecular weight excluding hydrogens is 1130 g/mol. The van der Waals surface area contributed by atoms with E-state index >= 15 is 0 Å². The molecule has 1 N–H and O–H groups in total. The van der Waals surface area contributed by atoms with Crippen LogP contribution in [-0.2, 0) is 44.4 Å². The van der Waals surface area contributed by atoms with Crippen molar-refractivity contribution in [3.05, 3.63) is 216 Å². The first kappa shape index (κ1) is 55.6. The van der Waals surface area contributed by atoms with E-state index in [1.54, 1.807) is 0 Å². The Kier molecular flexibility index (Phi) is 15.4. The van der Waals surface area contributed by atoms with Crippen molar-refractivity contribution < 1.29 is 30.7 Å². The molecule has 0 saturated carbocycles. The maximum Gasteiger partial charge on any atom is 2.00 e. The standard InChI is InChI=1S/C73H74N3O.Pt/c1-46(2)58-42-52(49-28-20-16-21-29-49)43-59(47(3)4)67(58)65-34-25-33-63(75(65)14)54-38-53(39-55(40-54)71(5,6)7)57-32-24-35-66-68(57)74-70(61-44-56(72(8,9)10)45-62(69(61)77)73(11,12)13)76(66)64-37-36-51(48-26-18-15-19-27-48)41-60(64)50-30-22-17-23-31-50;/h15-32,34-37,39-47,77H,1-14H3;/q-1;+2. The SMILES string of the molecule is CC(C)c1cc(-c2ccccc2)cc(C(C)C)c1-c1cc[c-]c(-c2[c-]c(-c3cccc4c3nc(-c3cc(C(C)(C)C)cc(C(C)(C)C)c3O)n4-c3ccc(-c4ccccc4)cc3-c3ccccc3)cc(C(C)(C)C)c2)[n+]1C.[Pt+2]. The second-order valence-corrected chi connectivity index (χ2v) is 24.8. The molecule has 5 heteroatoms. The number of hydrogen-bond acceptors (Lipinski definition) is 2. The van der Waals surface area contributed by atoms with Crippen molar-refractivity contribution in [2.24, 2.45) is 7.05 Å². The van der Waals surface area contributed by atoms with Gasteiger partial charge >= 0.3 is 21.1 Å². The fraction of sp³-hybridized carbons (Fsp3) is 0.260. The first-order valence-corrected chi connectivity index (χ1v) is 27.5. The molecule has 10 aromatic rings. The Morgan fingerprint density at radius 3 is 1.63 bits per heavy atom. The van der Waals surface area contributed by atoms with E-state index in [9.17, 15) is 5.11 Å². The molecule has 10 rings (SSSR count). The molecule has 0 aliphatic carbocycles. The Morgan fingerprint density at radius 1 is 0.513 bits per heavy atom. The Balaban J connectivity index is 0.00000740. The minimum Gasteiger partial charge on any atom is -0.507 e. The van der Waals surface area contributed by atoms with Crippen LogP contribution in [0.15, 0.2) is 176 Å². The van der Waals surface area contributed by atoms with Gasteiger partial charge in [-0.3, -0.25) is 9.13 Å². The molecule has 0 saturated heterocycles. The van der Waals surface area contributed by atoms with Gasteiger partial charge in [0, 0.05) is 22.4 Å². The number of phenolic OH excluding ortho intramolecular Hbond substituents is 1. The molecule has 0 spiro atoms. The van der Waals surface area contributed by atoms with Gasteiger partial charge in [-0.1, -0.05) is 229 Å². The van der Waals surface area contributed by atoms with E-state index in [0.717, 1.165) is 78.2 Å². The second-order valence-electron chi connectivity index (χ2n) is 24.8. The summed E-state index contributed by atoms with van der Waals surface area (Å²) in [5.74, 6) is 1.49. The van der Waals surface area contributed by atoms with Crippen LogP contribution >= 0.6 is 0 Å². The van der Waals surface area contributed by atoms with Crippen molar-refractivity contribution in [1.29, 1.82) is 0 Å². The fourth-order valence-corrected chi connectivity index (χ4v) is 10.9. The van der Waals surface area contributed by atoms with Gasteiger partial charge in [-0.05, 0) is 96.9 Å². The minimum absolute atomic E-state index is 0. The molecule has 0 unspecified atom stereocenters. The molecule has 396 valence electrons. The minimum atomic E-state index is -0.351. The van der Waals surface area contributed by atoms with Crippen LogP contribution in [0.25, 0.3) is 95.1 Å².